The van der Waals surface area contributed by atoms with Crippen LogP contribution in [-0.4, -0.2) is 45.3 Å². The molecule has 0 radical (unpaired) electrons. The number of anilines is 1. The molecule has 1 heterocycles. The summed E-state index contributed by atoms with van der Waals surface area (Å²) in [6.07, 6.45) is 0. The SMILES string of the molecule is COc1ccccc1-c1nnc(SCC(=O)Nc2ccccc2SCC(N)=O)n1N. The Morgan fingerprint density at radius 3 is 2.57 bits per heavy atom. The number of nitrogen functional groups attached to an aromatic ring is 1. The number of para-hydroxylation sites is 2. The van der Waals surface area contributed by atoms with Gasteiger partial charge in [0.2, 0.25) is 17.0 Å². The van der Waals surface area contributed by atoms with Gasteiger partial charge in [0, 0.05) is 4.90 Å². The average Bonchev–Trinajstić information content (AvgIpc) is 3.11. The molecule has 0 aliphatic carbocycles. The van der Waals surface area contributed by atoms with Gasteiger partial charge in [0.15, 0.2) is 5.82 Å². The summed E-state index contributed by atoms with van der Waals surface area (Å²) in [6, 6.07) is 14.5. The number of rotatable bonds is 9. The van der Waals surface area contributed by atoms with Crippen molar-refractivity contribution in [2.24, 2.45) is 5.73 Å². The zero-order valence-corrected chi connectivity index (χ0v) is 17.7. The number of thioether (sulfide) groups is 2. The van der Waals surface area contributed by atoms with Crippen LogP contribution in [0.3, 0.4) is 0 Å². The molecule has 0 unspecified atom stereocenters. The zero-order valence-electron chi connectivity index (χ0n) is 16.1. The van der Waals surface area contributed by atoms with Gasteiger partial charge >= 0.3 is 0 Å². The van der Waals surface area contributed by atoms with E-state index in [1.807, 2.05) is 30.3 Å². The smallest absolute Gasteiger partial charge is 0.234 e. The van der Waals surface area contributed by atoms with Gasteiger partial charge in [-0.05, 0) is 24.3 Å². The van der Waals surface area contributed by atoms with E-state index in [2.05, 4.69) is 15.5 Å². The van der Waals surface area contributed by atoms with Gasteiger partial charge in [-0.1, -0.05) is 36.0 Å². The van der Waals surface area contributed by atoms with Crippen molar-refractivity contribution >= 4 is 41.0 Å². The highest BCUT2D eigenvalue weighted by atomic mass is 32.2. The van der Waals surface area contributed by atoms with Crippen molar-refractivity contribution in [2.45, 2.75) is 10.1 Å². The van der Waals surface area contributed by atoms with Crippen molar-refractivity contribution in [1.82, 2.24) is 14.9 Å². The molecule has 30 heavy (non-hydrogen) atoms. The number of nitrogens with two attached hydrogens (primary N) is 2. The summed E-state index contributed by atoms with van der Waals surface area (Å²) in [6.45, 7) is 0. The van der Waals surface area contributed by atoms with Crippen LogP contribution in [0.1, 0.15) is 0 Å². The van der Waals surface area contributed by atoms with Crippen LogP contribution in [0.15, 0.2) is 58.6 Å². The number of ether oxygens (including phenoxy) is 1. The molecule has 0 aliphatic rings. The second-order valence-electron chi connectivity index (χ2n) is 5.96. The van der Waals surface area contributed by atoms with Gasteiger partial charge in [-0.15, -0.1) is 22.0 Å². The molecule has 2 aromatic carbocycles. The first-order chi connectivity index (χ1) is 14.5. The lowest BCUT2D eigenvalue weighted by Crippen LogP contribution is -2.17. The molecule has 9 nitrogen and oxygen atoms in total. The molecule has 0 saturated carbocycles. The molecule has 0 bridgehead atoms. The fourth-order valence-electron chi connectivity index (χ4n) is 2.55. The van der Waals surface area contributed by atoms with Gasteiger partial charge in [0.05, 0.1) is 29.9 Å². The molecule has 0 saturated heterocycles. The second kappa shape index (κ2) is 10.0. The van der Waals surface area contributed by atoms with E-state index in [4.69, 9.17) is 16.3 Å². The van der Waals surface area contributed by atoms with Crippen LogP contribution in [0.2, 0.25) is 0 Å². The van der Waals surface area contributed by atoms with Crippen LogP contribution in [0.5, 0.6) is 5.75 Å². The summed E-state index contributed by atoms with van der Waals surface area (Å²) in [4.78, 5) is 24.2. The number of carbonyl (C=O) groups excluding carboxylic acids is 2. The molecular formula is C19H20N6O3S2. The number of amides is 2. The Kier molecular flexibility index (Phi) is 7.20. The van der Waals surface area contributed by atoms with E-state index in [1.54, 1.807) is 25.3 Å². The van der Waals surface area contributed by atoms with E-state index >= 15 is 0 Å². The molecular weight excluding hydrogens is 424 g/mol. The molecule has 5 N–H and O–H groups in total. The number of benzene rings is 2. The maximum Gasteiger partial charge on any atom is 0.234 e. The van der Waals surface area contributed by atoms with E-state index in [-0.39, 0.29) is 17.4 Å². The van der Waals surface area contributed by atoms with Crippen LogP contribution >= 0.6 is 23.5 Å². The van der Waals surface area contributed by atoms with Crippen LogP contribution in [0.4, 0.5) is 5.69 Å². The van der Waals surface area contributed by atoms with Crippen molar-refractivity contribution in [3.8, 4) is 17.1 Å². The number of hydrogen-bond donors (Lipinski definition) is 3. The molecule has 0 aliphatic heterocycles. The molecule has 3 rings (SSSR count). The average molecular weight is 445 g/mol. The molecule has 11 heteroatoms. The standard InChI is InChI=1S/C19H20N6O3S2/c1-28-14-8-4-2-6-12(14)18-23-24-19(25(18)21)30-11-17(27)22-13-7-3-5-9-15(13)29-10-16(20)26/h2-9H,10-11,21H2,1H3,(H2,20,26)(H,22,27). The first-order valence-electron chi connectivity index (χ1n) is 8.76. The third kappa shape index (κ3) is 5.24. The molecule has 156 valence electrons. The third-order valence-electron chi connectivity index (χ3n) is 3.88. The summed E-state index contributed by atoms with van der Waals surface area (Å²) in [5.41, 5.74) is 6.50. The number of aromatic nitrogens is 3. The van der Waals surface area contributed by atoms with E-state index in [0.717, 1.165) is 16.7 Å². The van der Waals surface area contributed by atoms with Gasteiger partial charge in [0.25, 0.3) is 0 Å². The molecule has 3 aromatic rings. The van der Waals surface area contributed by atoms with Crippen LogP contribution < -0.4 is 21.6 Å². The monoisotopic (exact) mass is 444 g/mol. The summed E-state index contributed by atoms with van der Waals surface area (Å²) >= 11 is 2.42. The van der Waals surface area contributed by atoms with Crippen molar-refractivity contribution < 1.29 is 14.3 Å². The minimum Gasteiger partial charge on any atom is -0.496 e. The number of methoxy groups -OCH3 is 1. The first kappa shape index (κ1) is 21.5. The number of hydrogen-bond acceptors (Lipinski definition) is 8. The Morgan fingerprint density at radius 1 is 1.07 bits per heavy atom. The predicted molar refractivity (Wildman–Crippen MR) is 118 cm³/mol. The van der Waals surface area contributed by atoms with E-state index in [1.165, 1.54) is 16.4 Å². The Bertz CT molecular complexity index is 1060. The highest BCUT2D eigenvalue weighted by Gasteiger charge is 2.17. The Labute approximate surface area is 181 Å². The summed E-state index contributed by atoms with van der Waals surface area (Å²) in [5, 5.41) is 11.4. The van der Waals surface area contributed by atoms with Crippen LogP contribution in [0.25, 0.3) is 11.4 Å². The second-order valence-corrected chi connectivity index (χ2v) is 7.92. The number of nitrogens with zero attached hydrogens (tertiary/aromatic N) is 3. The highest BCUT2D eigenvalue weighted by molar-refractivity contribution is 8.00. The topological polar surface area (TPSA) is 138 Å². The zero-order chi connectivity index (χ0) is 21.5. The van der Waals surface area contributed by atoms with Gasteiger partial charge in [-0.3, -0.25) is 9.59 Å². The fourth-order valence-corrected chi connectivity index (χ4v) is 3.95. The van der Waals surface area contributed by atoms with E-state index in [0.29, 0.717) is 28.0 Å². The minimum absolute atomic E-state index is 0.0794. The maximum atomic E-state index is 12.4. The minimum atomic E-state index is -0.426. The van der Waals surface area contributed by atoms with Gasteiger partial charge in [-0.25, -0.2) is 4.68 Å². The maximum absolute atomic E-state index is 12.4. The van der Waals surface area contributed by atoms with Crippen molar-refractivity contribution in [3.63, 3.8) is 0 Å². The molecule has 0 atom stereocenters. The van der Waals surface area contributed by atoms with Crippen molar-refractivity contribution in [3.05, 3.63) is 48.5 Å². The van der Waals surface area contributed by atoms with Crippen molar-refractivity contribution in [2.75, 3.05) is 29.8 Å². The summed E-state index contributed by atoms with van der Waals surface area (Å²) in [5.74, 6) is 6.72. The summed E-state index contributed by atoms with van der Waals surface area (Å²) in [7, 11) is 1.57. The Morgan fingerprint density at radius 2 is 1.80 bits per heavy atom. The number of primary amides is 1. The largest absolute Gasteiger partial charge is 0.496 e. The Balaban J connectivity index is 1.65. The summed E-state index contributed by atoms with van der Waals surface area (Å²) < 4.78 is 6.66. The van der Waals surface area contributed by atoms with Crippen LogP contribution in [0, 0.1) is 0 Å². The Hall–Kier alpha value is -3.18. The van der Waals surface area contributed by atoms with Crippen LogP contribution in [-0.2, 0) is 9.59 Å². The fraction of sp³-hybridized carbons (Fsp3) is 0.158. The van der Waals surface area contributed by atoms with E-state index in [9.17, 15) is 9.59 Å². The highest BCUT2D eigenvalue weighted by Crippen LogP contribution is 2.30. The van der Waals surface area contributed by atoms with E-state index < -0.39 is 5.91 Å². The lowest BCUT2D eigenvalue weighted by atomic mass is 10.2. The van der Waals surface area contributed by atoms with Gasteiger partial charge in [0.1, 0.15) is 5.75 Å². The third-order valence-corrected chi connectivity index (χ3v) is 5.91. The van der Waals surface area contributed by atoms with Crippen molar-refractivity contribution in [1.29, 1.82) is 0 Å². The lowest BCUT2D eigenvalue weighted by Gasteiger charge is -2.10. The number of nitrogens with one attached hydrogen (secondary N) is 1. The molecule has 1 aromatic heterocycles. The quantitative estimate of drug-likeness (QED) is 0.336. The first-order valence-corrected chi connectivity index (χ1v) is 10.7. The predicted octanol–water partition coefficient (Wildman–Crippen LogP) is 1.98. The number of carbonyl (C=O) groups is 2. The molecule has 0 spiro atoms. The normalized spacial score (nSPS) is 10.6. The lowest BCUT2D eigenvalue weighted by molar-refractivity contribution is -0.115. The molecule has 2 amide bonds. The van der Waals surface area contributed by atoms with Gasteiger partial charge < -0.3 is 21.6 Å². The molecule has 0 fully saturated rings. The van der Waals surface area contributed by atoms with Gasteiger partial charge in [-0.2, -0.15) is 0 Å².